The quantitative estimate of drug-likeness (QED) is 0.445. The maximum atomic E-state index is 12.6. The summed E-state index contributed by atoms with van der Waals surface area (Å²) < 4.78 is 10.9. The number of ether oxygens (including phenoxy) is 2. The maximum absolute atomic E-state index is 12.6. The number of benzene rings is 2. The number of hydroxylamine groups is 2. The zero-order chi connectivity index (χ0) is 20.4. The van der Waals surface area contributed by atoms with Crippen molar-refractivity contribution in [2.24, 2.45) is 11.8 Å². The molecule has 30 heavy (non-hydrogen) atoms. The Kier molecular flexibility index (Phi) is 3.64. The number of fused-ring (bicyclic) bond motifs is 8. The van der Waals surface area contributed by atoms with E-state index in [0.717, 1.165) is 22.3 Å². The van der Waals surface area contributed by atoms with Crippen LogP contribution in [-0.2, 0) is 23.9 Å². The second kappa shape index (κ2) is 6.27. The molecule has 0 saturated carbocycles. The van der Waals surface area contributed by atoms with Crippen molar-refractivity contribution >= 4 is 18.0 Å². The molecule has 0 unspecified atom stereocenters. The molecule has 2 aromatic rings. The summed E-state index contributed by atoms with van der Waals surface area (Å²) in [5.74, 6) is -2.52. The topological polar surface area (TPSA) is 82.1 Å². The number of rotatable bonds is 3. The summed E-state index contributed by atoms with van der Waals surface area (Å²) in [5, 5.41) is 0.545. The van der Waals surface area contributed by atoms with Gasteiger partial charge in [-0.1, -0.05) is 65.7 Å². The van der Waals surface area contributed by atoms with Crippen LogP contribution in [0.5, 0.6) is 0 Å². The van der Waals surface area contributed by atoms with E-state index in [-0.39, 0.29) is 12.5 Å². The van der Waals surface area contributed by atoms with E-state index < -0.39 is 42.0 Å². The van der Waals surface area contributed by atoms with Crippen molar-refractivity contribution in [3.8, 4) is 11.1 Å². The highest BCUT2D eigenvalue weighted by Crippen LogP contribution is 2.46. The minimum atomic E-state index is -1.07. The van der Waals surface area contributed by atoms with E-state index in [1.165, 1.54) is 0 Å². The highest BCUT2D eigenvalue weighted by atomic mass is 16.8. The van der Waals surface area contributed by atoms with Crippen LogP contribution in [-0.4, -0.2) is 41.8 Å². The predicted octanol–water partition coefficient (Wildman–Crippen LogP) is 2.81. The predicted molar refractivity (Wildman–Crippen MR) is 103 cm³/mol. The maximum Gasteiger partial charge on any atom is 0.533 e. The fourth-order valence-electron chi connectivity index (χ4n) is 5.06. The van der Waals surface area contributed by atoms with Gasteiger partial charge in [-0.15, -0.1) is 0 Å². The van der Waals surface area contributed by atoms with Crippen LogP contribution >= 0.6 is 0 Å². The number of hydrogen-bond acceptors (Lipinski definition) is 6. The Morgan fingerprint density at radius 2 is 1.40 bits per heavy atom. The molecular weight excluding hydrogens is 386 g/mol. The Balaban J connectivity index is 1.16. The number of imide groups is 1. The van der Waals surface area contributed by atoms with Gasteiger partial charge in [0.25, 0.3) is 11.8 Å². The average Bonchev–Trinajstić information content (AvgIpc) is 3.51. The lowest BCUT2D eigenvalue weighted by atomic mass is 9.85. The van der Waals surface area contributed by atoms with Gasteiger partial charge in [0.2, 0.25) is 0 Å². The van der Waals surface area contributed by atoms with Gasteiger partial charge in [-0.05, 0) is 22.3 Å². The number of amides is 2. The van der Waals surface area contributed by atoms with Gasteiger partial charge in [-0.2, -0.15) is 0 Å². The summed E-state index contributed by atoms with van der Waals surface area (Å²) in [6, 6.07) is 15.9. The summed E-state index contributed by atoms with van der Waals surface area (Å²) in [7, 11) is 0. The monoisotopic (exact) mass is 403 g/mol. The van der Waals surface area contributed by atoms with Gasteiger partial charge >= 0.3 is 6.16 Å². The van der Waals surface area contributed by atoms with Crippen molar-refractivity contribution in [2.45, 2.75) is 18.1 Å². The van der Waals surface area contributed by atoms with E-state index in [1.54, 1.807) is 12.2 Å². The summed E-state index contributed by atoms with van der Waals surface area (Å²) in [4.78, 5) is 42.5. The molecule has 7 nitrogen and oxygen atoms in total. The van der Waals surface area contributed by atoms with E-state index in [0.29, 0.717) is 5.06 Å². The molecule has 0 radical (unpaired) electrons. The molecule has 2 saturated heterocycles. The van der Waals surface area contributed by atoms with Crippen LogP contribution in [0.1, 0.15) is 17.0 Å². The Labute approximate surface area is 171 Å². The SMILES string of the molecule is O=C(OCC1c2ccccc2-c2ccccc21)ON1C(=O)[C@@H]2[C@H](C1=O)[C@H]1C=C[C@@H]2O1. The van der Waals surface area contributed by atoms with Crippen molar-refractivity contribution < 1.29 is 28.7 Å². The third-order valence-electron chi connectivity index (χ3n) is 6.37. The van der Waals surface area contributed by atoms with Crippen molar-refractivity contribution in [3.05, 3.63) is 71.8 Å². The first-order chi connectivity index (χ1) is 14.6. The largest absolute Gasteiger partial charge is 0.533 e. The second-order valence-electron chi connectivity index (χ2n) is 7.85. The first kappa shape index (κ1) is 17.4. The molecule has 6 rings (SSSR count). The zero-order valence-corrected chi connectivity index (χ0v) is 15.8. The molecule has 3 aliphatic heterocycles. The van der Waals surface area contributed by atoms with Gasteiger partial charge in [0.1, 0.15) is 6.61 Å². The fourth-order valence-corrected chi connectivity index (χ4v) is 5.06. The molecule has 2 amide bonds. The molecule has 0 N–H and O–H groups in total. The van der Waals surface area contributed by atoms with Gasteiger partial charge in [-0.25, -0.2) is 4.79 Å². The molecule has 1 aliphatic carbocycles. The molecule has 4 aliphatic rings. The highest BCUT2D eigenvalue weighted by Gasteiger charge is 2.62. The summed E-state index contributed by atoms with van der Waals surface area (Å²) >= 11 is 0. The molecule has 4 atom stereocenters. The second-order valence-corrected chi connectivity index (χ2v) is 7.85. The Hall–Kier alpha value is -3.45. The van der Waals surface area contributed by atoms with E-state index in [4.69, 9.17) is 14.3 Å². The van der Waals surface area contributed by atoms with Crippen molar-refractivity contribution in [1.82, 2.24) is 5.06 Å². The number of carbonyl (C=O) groups is 3. The van der Waals surface area contributed by atoms with Crippen molar-refractivity contribution in [3.63, 3.8) is 0 Å². The van der Waals surface area contributed by atoms with Gasteiger partial charge in [-0.3, -0.25) is 14.4 Å². The van der Waals surface area contributed by atoms with E-state index in [9.17, 15) is 14.4 Å². The van der Waals surface area contributed by atoms with Crippen LogP contribution in [0.25, 0.3) is 11.1 Å². The molecular formula is C23H17NO6. The zero-order valence-electron chi connectivity index (χ0n) is 15.8. The first-order valence-electron chi connectivity index (χ1n) is 9.88. The number of nitrogens with zero attached hydrogens (tertiary/aromatic N) is 1. The third-order valence-corrected chi connectivity index (χ3v) is 6.37. The summed E-state index contributed by atoms with van der Waals surface area (Å²) in [6.07, 6.45) is 1.60. The van der Waals surface area contributed by atoms with Crippen LogP contribution in [0, 0.1) is 11.8 Å². The van der Waals surface area contributed by atoms with E-state index in [2.05, 4.69) is 0 Å². The lowest BCUT2D eigenvalue weighted by Crippen LogP contribution is -2.37. The molecule has 0 aromatic heterocycles. The smallest absolute Gasteiger partial charge is 0.432 e. The van der Waals surface area contributed by atoms with Crippen LogP contribution in [0.2, 0.25) is 0 Å². The van der Waals surface area contributed by atoms with Crippen molar-refractivity contribution in [1.29, 1.82) is 0 Å². The fraction of sp³-hybridized carbons (Fsp3) is 0.261. The first-order valence-corrected chi connectivity index (χ1v) is 9.88. The molecule has 0 spiro atoms. The minimum Gasteiger partial charge on any atom is -0.432 e. The lowest BCUT2D eigenvalue weighted by molar-refractivity contribution is -0.181. The Morgan fingerprint density at radius 3 is 1.97 bits per heavy atom. The van der Waals surface area contributed by atoms with Crippen LogP contribution in [0.4, 0.5) is 4.79 Å². The number of carbonyl (C=O) groups excluding carboxylic acids is 3. The van der Waals surface area contributed by atoms with Gasteiger partial charge in [0, 0.05) is 5.92 Å². The van der Waals surface area contributed by atoms with Crippen LogP contribution in [0.3, 0.4) is 0 Å². The molecule has 2 aromatic carbocycles. The standard InChI is InChI=1S/C23H17NO6/c25-21-19-17-9-10-18(29-17)20(19)22(26)24(21)30-23(27)28-11-16-14-7-3-1-5-12(14)13-6-2-4-8-15(13)16/h1-10,16-20H,11H2/t17-,18+,19-,20+. The van der Waals surface area contributed by atoms with E-state index in [1.807, 2.05) is 48.5 Å². The average molecular weight is 403 g/mol. The molecule has 2 fully saturated rings. The molecule has 2 bridgehead atoms. The van der Waals surface area contributed by atoms with Gasteiger partial charge in [0.15, 0.2) is 0 Å². The molecule has 3 heterocycles. The normalized spacial score (nSPS) is 27.9. The molecule has 150 valence electrons. The Bertz CT molecular complexity index is 1050. The van der Waals surface area contributed by atoms with Gasteiger partial charge < -0.3 is 9.47 Å². The van der Waals surface area contributed by atoms with Crippen molar-refractivity contribution in [2.75, 3.05) is 6.61 Å². The summed E-state index contributed by atoms with van der Waals surface area (Å²) in [6.45, 7) is 0.0475. The third kappa shape index (κ3) is 2.32. The Morgan fingerprint density at radius 1 is 0.867 bits per heavy atom. The minimum absolute atomic E-state index is 0.0475. The summed E-state index contributed by atoms with van der Waals surface area (Å²) in [5.41, 5.74) is 4.34. The van der Waals surface area contributed by atoms with E-state index >= 15 is 0 Å². The lowest BCUT2D eigenvalue weighted by Gasteiger charge is -2.17. The van der Waals surface area contributed by atoms with Gasteiger partial charge in [0.05, 0.1) is 24.0 Å². The van der Waals surface area contributed by atoms with Crippen LogP contribution in [0.15, 0.2) is 60.7 Å². The highest BCUT2D eigenvalue weighted by molar-refractivity contribution is 6.06. The number of hydrogen-bond donors (Lipinski definition) is 0. The molecule has 7 heteroatoms. The van der Waals surface area contributed by atoms with Crippen LogP contribution < -0.4 is 0 Å².